The van der Waals surface area contributed by atoms with E-state index in [0.717, 1.165) is 12.3 Å². The van der Waals surface area contributed by atoms with Gasteiger partial charge in [-0.1, -0.05) is 24.6 Å². The van der Waals surface area contributed by atoms with Gasteiger partial charge >= 0.3 is 0 Å². The van der Waals surface area contributed by atoms with Crippen LogP contribution in [0.2, 0.25) is 0 Å². The Kier molecular flexibility index (Phi) is 1.92. The zero-order chi connectivity index (χ0) is 8.55. The van der Waals surface area contributed by atoms with E-state index < -0.39 is 0 Å². The van der Waals surface area contributed by atoms with Gasteiger partial charge in [0.25, 0.3) is 0 Å². The molecule has 0 aliphatic heterocycles. The zero-order valence-electron chi connectivity index (χ0n) is 7.85. The van der Waals surface area contributed by atoms with Crippen LogP contribution in [0, 0.1) is 13.0 Å². The van der Waals surface area contributed by atoms with Crippen LogP contribution in [0.4, 0.5) is 0 Å². The second-order valence-corrected chi connectivity index (χ2v) is 3.77. The monoisotopic (exact) mass is 159 g/mol. The van der Waals surface area contributed by atoms with Crippen molar-refractivity contribution in [3.8, 4) is 0 Å². The van der Waals surface area contributed by atoms with Crippen LogP contribution in [0.3, 0.4) is 0 Å². The van der Waals surface area contributed by atoms with Gasteiger partial charge in [0.1, 0.15) is 0 Å². The van der Waals surface area contributed by atoms with E-state index in [-0.39, 0.29) is 0 Å². The van der Waals surface area contributed by atoms with E-state index in [9.17, 15) is 0 Å². The quantitative estimate of drug-likeness (QED) is 0.621. The Labute approximate surface area is 74.6 Å². The predicted molar refractivity (Wildman–Crippen MR) is 51.4 cm³/mol. The summed E-state index contributed by atoms with van der Waals surface area (Å²) in [6.45, 7) is 4.38. The summed E-state index contributed by atoms with van der Waals surface area (Å²) < 4.78 is 0. The van der Waals surface area contributed by atoms with Gasteiger partial charge in [-0.3, -0.25) is 0 Å². The Balaban J connectivity index is 2.34. The van der Waals surface area contributed by atoms with Crippen LogP contribution in [-0.4, -0.2) is 0 Å². The lowest BCUT2D eigenvalue weighted by Crippen LogP contribution is -1.88. The van der Waals surface area contributed by atoms with Crippen LogP contribution in [0.25, 0.3) is 0 Å². The van der Waals surface area contributed by atoms with Gasteiger partial charge in [-0.2, -0.15) is 0 Å². The van der Waals surface area contributed by atoms with E-state index in [2.05, 4.69) is 32.0 Å². The largest absolute Gasteiger partial charge is 0.0613 e. The molecule has 1 aliphatic carbocycles. The molecule has 1 aliphatic rings. The van der Waals surface area contributed by atoms with Crippen molar-refractivity contribution in [3.05, 3.63) is 34.9 Å². The minimum atomic E-state index is 0.843. The van der Waals surface area contributed by atoms with E-state index in [1.165, 1.54) is 29.5 Å². The Hall–Kier alpha value is -0.780. The lowest BCUT2D eigenvalue weighted by atomic mass is 10.0. The summed E-state index contributed by atoms with van der Waals surface area (Å²) >= 11 is 0. The molecule has 0 nitrogen and oxygen atoms in total. The fraction of sp³-hybridized carbons (Fsp3) is 0.500. The van der Waals surface area contributed by atoms with Crippen molar-refractivity contribution >= 4 is 0 Å². The number of hydrogen-bond donors (Lipinski definition) is 0. The third kappa shape index (κ3) is 1.52. The summed E-state index contributed by atoms with van der Waals surface area (Å²) in [5.74, 6) is 0.843. The maximum atomic E-state index is 3.50. The first-order valence-corrected chi connectivity index (χ1v) is 4.82. The van der Waals surface area contributed by atoms with Gasteiger partial charge in [0.05, 0.1) is 0 Å². The molecule has 63 valence electrons. The molecule has 0 amide bonds. The smallest absolute Gasteiger partial charge is 0.0111 e. The summed E-state index contributed by atoms with van der Waals surface area (Å²) in [7, 11) is 0. The lowest BCUT2D eigenvalue weighted by molar-refractivity contribution is 1.06. The van der Waals surface area contributed by atoms with Gasteiger partial charge in [0.2, 0.25) is 0 Å². The molecular formula is C12H15. The maximum Gasteiger partial charge on any atom is -0.0111 e. The van der Waals surface area contributed by atoms with Crippen molar-refractivity contribution in [2.45, 2.75) is 39.0 Å². The Bertz CT molecular complexity index is 282. The van der Waals surface area contributed by atoms with Gasteiger partial charge in [-0.15, -0.1) is 0 Å². The van der Waals surface area contributed by atoms with Gasteiger partial charge < -0.3 is 0 Å². The topological polar surface area (TPSA) is 0 Å². The first kappa shape index (κ1) is 7.85. The third-order valence-corrected chi connectivity index (χ3v) is 2.49. The highest BCUT2D eigenvalue weighted by Crippen LogP contribution is 2.40. The van der Waals surface area contributed by atoms with Crippen molar-refractivity contribution in [2.24, 2.45) is 0 Å². The van der Waals surface area contributed by atoms with Gasteiger partial charge in [0, 0.05) is 0 Å². The van der Waals surface area contributed by atoms with E-state index >= 15 is 0 Å². The molecule has 1 saturated carbocycles. The zero-order valence-corrected chi connectivity index (χ0v) is 7.85. The molecule has 1 radical (unpaired) electrons. The fourth-order valence-corrected chi connectivity index (χ4v) is 1.62. The minimum absolute atomic E-state index is 0.843. The van der Waals surface area contributed by atoms with Crippen LogP contribution in [-0.2, 0) is 6.42 Å². The molecule has 0 heterocycles. The molecule has 1 fully saturated rings. The summed E-state index contributed by atoms with van der Waals surface area (Å²) in [4.78, 5) is 0. The Morgan fingerprint density at radius 3 is 2.75 bits per heavy atom. The fourth-order valence-electron chi connectivity index (χ4n) is 1.62. The molecule has 0 atom stereocenters. The molecule has 0 N–H and O–H groups in total. The first-order valence-electron chi connectivity index (χ1n) is 4.82. The summed E-state index contributed by atoms with van der Waals surface area (Å²) in [5.41, 5.74) is 4.22. The number of aryl methyl sites for hydroxylation is 2. The molecule has 12 heavy (non-hydrogen) atoms. The standard InChI is InChI=1S/C12H15/c1-3-10-6-9(2)7-12(8-10)11-4-5-11/h6-7,11H,3-5H2,1-2H3. The van der Waals surface area contributed by atoms with Gasteiger partial charge in [-0.25, -0.2) is 0 Å². The van der Waals surface area contributed by atoms with Crippen molar-refractivity contribution in [2.75, 3.05) is 0 Å². The van der Waals surface area contributed by atoms with E-state index in [1.54, 1.807) is 0 Å². The summed E-state index contributed by atoms with van der Waals surface area (Å²) in [5, 5.41) is 0. The molecule has 0 heteroatoms. The Morgan fingerprint density at radius 2 is 2.17 bits per heavy atom. The number of benzene rings is 1. The van der Waals surface area contributed by atoms with Gasteiger partial charge in [0.15, 0.2) is 0 Å². The second-order valence-electron chi connectivity index (χ2n) is 3.77. The highest BCUT2D eigenvalue weighted by Gasteiger charge is 2.23. The highest BCUT2D eigenvalue weighted by atomic mass is 14.3. The lowest BCUT2D eigenvalue weighted by Gasteiger charge is -2.03. The Morgan fingerprint density at radius 1 is 1.42 bits per heavy atom. The van der Waals surface area contributed by atoms with Crippen LogP contribution < -0.4 is 0 Å². The summed E-state index contributed by atoms with van der Waals surface area (Å²) in [6, 6.07) is 8.03. The van der Waals surface area contributed by atoms with E-state index in [4.69, 9.17) is 0 Å². The van der Waals surface area contributed by atoms with Crippen LogP contribution >= 0.6 is 0 Å². The SMILES string of the molecule is CCc1[c]c(C2CC2)cc(C)c1. The van der Waals surface area contributed by atoms with Crippen LogP contribution in [0.1, 0.15) is 42.4 Å². The molecule has 0 saturated heterocycles. The number of hydrogen-bond acceptors (Lipinski definition) is 0. The molecule has 0 bridgehead atoms. The van der Waals surface area contributed by atoms with Crippen molar-refractivity contribution in [1.29, 1.82) is 0 Å². The van der Waals surface area contributed by atoms with Crippen molar-refractivity contribution in [1.82, 2.24) is 0 Å². The average Bonchev–Trinajstić information content (AvgIpc) is 2.85. The molecule has 2 rings (SSSR count). The second kappa shape index (κ2) is 2.93. The normalized spacial score (nSPS) is 16.5. The minimum Gasteiger partial charge on any atom is -0.0613 e. The summed E-state index contributed by atoms with van der Waals surface area (Å²) in [6.07, 6.45) is 3.87. The van der Waals surface area contributed by atoms with Crippen LogP contribution in [0.5, 0.6) is 0 Å². The van der Waals surface area contributed by atoms with Crippen molar-refractivity contribution < 1.29 is 0 Å². The molecule has 0 aromatic heterocycles. The highest BCUT2D eigenvalue weighted by molar-refractivity contribution is 5.32. The molecule has 0 unspecified atom stereocenters. The van der Waals surface area contributed by atoms with Gasteiger partial charge in [-0.05, 0) is 49.3 Å². The molecule has 1 aromatic carbocycles. The maximum absolute atomic E-state index is 3.50. The van der Waals surface area contributed by atoms with E-state index in [1.807, 2.05) is 0 Å². The van der Waals surface area contributed by atoms with E-state index in [0.29, 0.717) is 0 Å². The average molecular weight is 159 g/mol. The molecular weight excluding hydrogens is 144 g/mol. The number of rotatable bonds is 2. The van der Waals surface area contributed by atoms with Crippen molar-refractivity contribution in [3.63, 3.8) is 0 Å². The molecule has 1 aromatic rings. The first-order chi connectivity index (χ1) is 5.79. The van der Waals surface area contributed by atoms with Crippen LogP contribution in [0.15, 0.2) is 12.1 Å². The predicted octanol–water partition coefficient (Wildman–Crippen LogP) is 3.24. The molecule has 0 spiro atoms. The third-order valence-electron chi connectivity index (χ3n) is 2.49.